The fourth-order valence-corrected chi connectivity index (χ4v) is 2.60. The Morgan fingerprint density at radius 2 is 2.11 bits per heavy atom. The van der Waals surface area contributed by atoms with Gasteiger partial charge in [0, 0.05) is 33.5 Å². The quantitative estimate of drug-likeness (QED) is 0.676. The van der Waals surface area contributed by atoms with Gasteiger partial charge in [-0.3, -0.25) is 9.59 Å². The minimum absolute atomic E-state index is 0.0278. The van der Waals surface area contributed by atoms with Crippen LogP contribution in [0.3, 0.4) is 0 Å². The number of benzene rings is 1. The van der Waals surface area contributed by atoms with Crippen molar-refractivity contribution in [2.75, 3.05) is 14.1 Å². The zero-order valence-electron chi connectivity index (χ0n) is 15.7. The molecule has 146 valence electrons. The highest BCUT2D eigenvalue weighted by Gasteiger charge is 2.23. The molecule has 0 aliphatic carbocycles. The molecule has 0 saturated heterocycles. The van der Waals surface area contributed by atoms with E-state index in [4.69, 9.17) is 0 Å². The van der Waals surface area contributed by atoms with Gasteiger partial charge in [0.2, 0.25) is 5.91 Å². The molecule has 2 amide bonds. The summed E-state index contributed by atoms with van der Waals surface area (Å²) in [5.74, 6) is -0.573. The van der Waals surface area contributed by atoms with Crippen LogP contribution in [0, 0.1) is 5.82 Å². The molecule has 10 heteroatoms. The monoisotopic (exact) mass is 385 g/mol. The van der Waals surface area contributed by atoms with E-state index in [9.17, 15) is 14.0 Å². The number of rotatable bonds is 6. The van der Waals surface area contributed by atoms with Crippen molar-refractivity contribution < 1.29 is 14.0 Å². The van der Waals surface area contributed by atoms with Crippen molar-refractivity contribution in [2.45, 2.75) is 12.6 Å². The van der Waals surface area contributed by atoms with Gasteiger partial charge in [-0.2, -0.15) is 0 Å². The minimum Gasteiger partial charge on any atom is -0.347 e. The highest BCUT2D eigenvalue weighted by atomic mass is 19.1. The van der Waals surface area contributed by atoms with Crippen LogP contribution in [0.1, 0.15) is 27.9 Å². The zero-order valence-corrected chi connectivity index (χ0v) is 15.7. The van der Waals surface area contributed by atoms with E-state index in [-0.39, 0.29) is 18.1 Å². The zero-order chi connectivity index (χ0) is 20.3. The second-order valence-electron chi connectivity index (χ2n) is 6.45. The van der Waals surface area contributed by atoms with Gasteiger partial charge in [-0.25, -0.2) is 14.1 Å². The molecular formula is C18H20FN7O2. The van der Waals surface area contributed by atoms with E-state index in [0.717, 1.165) is 0 Å². The van der Waals surface area contributed by atoms with E-state index < -0.39 is 17.8 Å². The molecule has 0 radical (unpaired) electrons. The molecule has 1 N–H and O–H groups in total. The molecular weight excluding hydrogens is 365 g/mol. The number of likely N-dealkylation sites (N-methyl/N-ethyl adjacent to an activating group) is 1. The number of aryl methyl sites for hydroxylation is 1. The number of hydrogen-bond acceptors (Lipinski definition) is 5. The van der Waals surface area contributed by atoms with Crippen molar-refractivity contribution in [3.63, 3.8) is 0 Å². The second-order valence-corrected chi connectivity index (χ2v) is 6.45. The Labute approximate surface area is 160 Å². The number of hydrogen-bond donors (Lipinski definition) is 1. The number of aromatic nitrogens is 5. The largest absolute Gasteiger partial charge is 0.347 e. The molecule has 3 aromatic rings. The van der Waals surface area contributed by atoms with Crippen LogP contribution in [0.15, 0.2) is 42.9 Å². The number of carbonyl (C=O) groups is 2. The van der Waals surface area contributed by atoms with Gasteiger partial charge in [0.15, 0.2) is 5.69 Å². The van der Waals surface area contributed by atoms with Crippen LogP contribution >= 0.6 is 0 Å². The molecule has 0 spiro atoms. The van der Waals surface area contributed by atoms with Gasteiger partial charge in [-0.05, 0) is 17.7 Å². The van der Waals surface area contributed by atoms with E-state index in [0.29, 0.717) is 11.4 Å². The van der Waals surface area contributed by atoms with Gasteiger partial charge in [0.1, 0.15) is 24.2 Å². The lowest BCUT2D eigenvalue weighted by atomic mass is 10.1. The molecule has 9 nitrogen and oxygen atoms in total. The third kappa shape index (κ3) is 4.22. The summed E-state index contributed by atoms with van der Waals surface area (Å²) >= 11 is 0. The van der Waals surface area contributed by atoms with E-state index in [2.05, 4.69) is 20.6 Å². The van der Waals surface area contributed by atoms with Crippen molar-refractivity contribution in [3.8, 4) is 0 Å². The normalized spacial score (nSPS) is 11.9. The van der Waals surface area contributed by atoms with Crippen molar-refractivity contribution >= 4 is 11.8 Å². The Kier molecular flexibility index (Phi) is 5.48. The lowest BCUT2D eigenvalue weighted by Gasteiger charge is -2.18. The molecule has 28 heavy (non-hydrogen) atoms. The topological polar surface area (TPSA) is 97.9 Å². The molecule has 1 aromatic carbocycles. The first kappa shape index (κ1) is 19.2. The van der Waals surface area contributed by atoms with Crippen LogP contribution in [0.2, 0.25) is 0 Å². The third-order valence-electron chi connectivity index (χ3n) is 4.14. The summed E-state index contributed by atoms with van der Waals surface area (Å²) in [6, 6.07) is 5.25. The summed E-state index contributed by atoms with van der Waals surface area (Å²) < 4.78 is 16.7. The van der Waals surface area contributed by atoms with Crippen LogP contribution in [-0.2, 0) is 18.4 Å². The molecule has 3 rings (SSSR count). The average molecular weight is 385 g/mol. The number of imidazole rings is 1. The molecule has 0 fully saturated rings. The van der Waals surface area contributed by atoms with Crippen molar-refractivity contribution in [1.82, 2.24) is 34.8 Å². The van der Waals surface area contributed by atoms with E-state index in [1.54, 1.807) is 50.2 Å². The highest BCUT2D eigenvalue weighted by Crippen LogP contribution is 2.21. The van der Waals surface area contributed by atoms with Gasteiger partial charge >= 0.3 is 0 Å². The molecule has 2 heterocycles. The number of nitrogens with one attached hydrogen (secondary N) is 1. The first-order chi connectivity index (χ1) is 13.3. The Hall–Kier alpha value is -3.56. The maximum Gasteiger partial charge on any atom is 0.274 e. The van der Waals surface area contributed by atoms with Gasteiger partial charge < -0.3 is 14.8 Å². The van der Waals surface area contributed by atoms with Gasteiger partial charge in [-0.1, -0.05) is 17.3 Å². The Morgan fingerprint density at radius 1 is 1.32 bits per heavy atom. The molecule has 0 aliphatic rings. The predicted molar refractivity (Wildman–Crippen MR) is 97.6 cm³/mol. The lowest BCUT2D eigenvalue weighted by molar-refractivity contribution is -0.129. The van der Waals surface area contributed by atoms with E-state index in [1.165, 1.54) is 27.9 Å². The second kappa shape index (κ2) is 7.99. The third-order valence-corrected chi connectivity index (χ3v) is 4.14. The molecule has 1 atom stereocenters. The lowest BCUT2D eigenvalue weighted by Crippen LogP contribution is -2.31. The smallest absolute Gasteiger partial charge is 0.274 e. The number of nitrogens with zero attached hydrogens (tertiary/aromatic N) is 6. The summed E-state index contributed by atoms with van der Waals surface area (Å²) in [5, 5.41) is 10.4. The highest BCUT2D eigenvalue weighted by molar-refractivity contribution is 5.92. The van der Waals surface area contributed by atoms with Gasteiger partial charge in [0.25, 0.3) is 5.91 Å². The fraction of sp³-hybridized carbons (Fsp3) is 0.278. The standard InChI is InChI=1S/C18H20FN7O2/c1-24(2)15(27)11-26-10-14(22-23-26)18(28)21-16(17-20-7-8-25(17)3)12-5-4-6-13(19)9-12/h4-10,16H,11H2,1-3H3,(H,21,28). The molecule has 0 saturated carbocycles. The van der Waals surface area contributed by atoms with Crippen LogP contribution in [0.4, 0.5) is 4.39 Å². The summed E-state index contributed by atoms with van der Waals surface area (Å²) in [6.45, 7) is -0.0278. The van der Waals surface area contributed by atoms with Crippen LogP contribution < -0.4 is 5.32 Å². The molecule has 0 bridgehead atoms. The summed E-state index contributed by atoms with van der Waals surface area (Å²) in [6.07, 6.45) is 4.71. The molecule has 1 unspecified atom stereocenters. The minimum atomic E-state index is -0.684. The van der Waals surface area contributed by atoms with Gasteiger partial charge in [0.05, 0.1) is 6.20 Å². The summed E-state index contributed by atoms with van der Waals surface area (Å²) in [5.41, 5.74) is 0.583. The maximum atomic E-state index is 13.7. The van der Waals surface area contributed by atoms with Crippen molar-refractivity contribution in [1.29, 1.82) is 0 Å². The Balaban J connectivity index is 1.83. The van der Waals surface area contributed by atoms with Crippen molar-refractivity contribution in [2.24, 2.45) is 7.05 Å². The van der Waals surface area contributed by atoms with Crippen molar-refractivity contribution in [3.05, 3.63) is 65.8 Å². The number of amides is 2. The molecule has 2 aromatic heterocycles. The van der Waals surface area contributed by atoms with Gasteiger partial charge in [-0.15, -0.1) is 5.10 Å². The average Bonchev–Trinajstić information content (AvgIpc) is 3.28. The first-order valence-corrected chi connectivity index (χ1v) is 8.49. The van der Waals surface area contributed by atoms with Crippen LogP contribution in [-0.4, -0.2) is 55.4 Å². The van der Waals surface area contributed by atoms with E-state index in [1.807, 2.05) is 0 Å². The Morgan fingerprint density at radius 3 is 2.75 bits per heavy atom. The Bertz CT molecular complexity index is 995. The SMILES string of the molecule is CN(C)C(=O)Cn1cc(C(=O)NC(c2cccc(F)c2)c2nccn2C)nn1. The molecule has 0 aliphatic heterocycles. The summed E-state index contributed by atoms with van der Waals surface area (Å²) in [4.78, 5) is 30.2. The fourth-order valence-electron chi connectivity index (χ4n) is 2.60. The predicted octanol–water partition coefficient (Wildman–Crippen LogP) is 0.758. The van der Waals surface area contributed by atoms with Crippen LogP contribution in [0.5, 0.6) is 0 Å². The maximum absolute atomic E-state index is 13.7. The summed E-state index contributed by atoms with van der Waals surface area (Å²) in [7, 11) is 5.04. The number of halogens is 1. The van der Waals surface area contributed by atoms with E-state index >= 15 is 0 Å². The first-order valence-electron chi connectivity index (χ1n) is 8.49. The number of carbonyl (C=O) groups excluding carboxylic acids is 2. The van der Waals surface area contributed by atoms with Crippen LogP contribution in [0.25, 0.3) is 0 Å².